The largest absolute Gasteiger partial charge is 0.370 e. The molecule has 100 valence electrons. The molecule has 2 aromatic rings. The first-order valence-electron chi connectivity index (χ1n) is 6.70. The highest BCUT2D eigenvalue weighted by Crippen LogP contribution is 2.21. The van der Waals surface area contributed by atoms with Crippen LogP contribution in [0.1, 0.15) is 30.7 Å². The summed E-state index contributed by atoms with van der Waals surface area (Å²) in [7, 11) is 0. The van der Waals surface area contributed by atoms with Gasteiger partial charge in [-0.25, -0.2) is 9.97 Å². The maximum absolute atomic E-state index is 4.62. The lowest BCUT2D eigenvalue weighted by molar-refractivity contribution is 0.983. The minimum atomic E-state index is 0.689. The van der Waals surface area contributed by atoms with Gasteiger partial charge in [0.2, 0.25) is 0 Å². The van der Waals surface area contributed by atoms with E-state index in [1.807, 2.05) is 26.0 Å². The SMILES string of the molecule is CCNc1nc(-c2cc(C)ccn2)nc(C)c1CC. The Morgan fingerprint density at radius 2 is 1.95 bits per heavy atom. The fourth-order valence-corrected chi connectivity index (χ4v) is 2.11. The van der Waals surface area contributed by atoms with Crippen LogP contribution in [0, 0.1) is 13.8 Å². The Morgan fingerprint density at radius 3 is 2.58 bits per heavy atom. The van der Waals surface area contributed by atoms with Crippen molar-refractivity contribution in [2.45, 2.75) is 34.1 Å². The third kappa shape index (κ3) is 2.89. The van der Waals surface area contributed by atoms with Crippen LogP contribution < -0.4 is 5.32 Å². The van der Waals surface area contributed by atoms with Crippen LogP contribution in [0.4, 0.5) is 5.82 Å². The number of pyridine rings is 1. The van der Waals surface area contributed by atoms with Gasteiger partial charge in [0.15, 0.2) is 5.82 Å². The smallest absolute Gasteiger partial charge is 0.180 e. The van der Waals surface area contributed by atoms with Crippen molar-refractivity contribution in [2.75, 3.05) is 11.9 Å². The number of hydrogen-bond acceptors (Lipinski definition) is 4. The molecule has 0 aliphatic carbocycles. The van der Waals surface area contributed by atoms with E-state index in [0.29, 0.717) is 5.82 Å². The fraction of sp³-hybridized carbons (Fsp3) is 0.400. The first-order chi connectivity index (χ1) is 9.15. The van der Waals surface area contributed by atoms with Crippen LogP contribution in [-0.4, -0.2) is 21.5 Å². The molecule has 2 heterocycles. The summed E-state index contributed by atoms with van der Waals surface area (Å²) in [5.74, 6) is 1.62. The fourth-order valence-electron chi connectivity index (χ4n) is 2.11. The average Bonchev–Trinajstić information content (AvgIpc) is 2.39. The maximum atomic E-state index is 4.62. The van der Waals surface area contributed by atoms with Gasteiger partial charge in [-0.1, -0.05) is 6.92 Å². The second kappa shape index (κ2) is 5.78. The van der Waals surface area contributed by atoms with Crippen LogP contribution in [0.25, 0.3) is 11.5 Å². The number of aryl methyl sites for hydroxylation is 2. The predicted molar refractivity (Wildman–Crippen MR) is 78.3 cm³/mol. The topological polar surface area (TPSA) is 50.7 Å². The minimum absolute atomic E-state index is 0.689. The van der Waals surface area contributed by atoms with E-state index in [4.69, 9.17) is 0 Å². The van der Waals surface area contributed by atoms with Gasteiger partial charge in [-0.05, 0) is 44.9 Å². The molecule has 0 radical (unpaired) electrons. The van der Waals surface area contributed by atoms with Gasteiger partial charge in [0, 0.05) is 24.0 Å². The third-order valence-electron chi connectivity index (χ3n) is 3.06. The summed E-state index contributed by atoms with van der Waals surface area (Å²) in [6, 6.07) is 3.98. The van der Waals surface area contributed by atoms with E-state index in [0.717, 1.165) is 35.7 Å². The molecular formula is C15H20N4. The molecule has 19 heavy (non-hydrogen) atoms. The second-order valence-electron chi connectivity index (χ2n) is 4.56. The highest BCUT2D eigenvalue weighted by Gasteiger charge is 2.11. The quantitative estimate of drug-likeness (QED) is 0.913. The molecule has 0 fully saturated rings. The molecule has 0 amide bonds. The third-order valence-corrected chi connectivity index (χ3v) is 3.06. The molecule has 2 rings (SSSR count). The summed E-state index contributed by atoms with van der Waals surface area (Å²) in [5.41, 5.74) is 4.19. The lowest BCUT2D eigenvalue weighted by atomic mass is 10.1. The Hall–Kier alpha value is -1.97. The number of rotatable bonds is 4. The number of nitrogens with one attached hydrogen (secondary N) is 1. The average molecular weight is 256 g/mol. The van der Waals surface area contributed by atoms with Gasteiger partial charge < -0.3 is 5.32 Å². The van der Waals surface area contributed by atoms with Gasteiger partial charge in [-0.2, -0.15) is 0 Å². The highest BCUT2D eigenvalue weighted by atomic mass is 15.0. The van der Waals surface area contributed by atoms with E-state index in [1.165, 1.54) is 5.56 Å². The van der Waals surface area contributed by atoms with Gasteiger partial charge in [0.1, 0.15) is 11.5 Å². The number of anilines is 1. The standard InChI is InChI=1S/C15H20N4/c1-5-12-11(4)18-15(19-14(12)16-6-2)13-9-10(3)7-8-17-13/h7-9H,5-6H2,1-4H3,(H,16,18,19). The normalized spacial score (nSPS) is 10.5. The van der Waals surface area contributed by atoms with E-state index in [2.05, 4.69) is 34.1 Å². The summed E-state index contributed by atoms with van der Waals surface area (Å²) in [6.07, 6.45) is 2.72. The molecular weight excluding hydrogens is 236 g/mol. The van der Waals surface area contributed by atoms with Crippen LogP contribution in [0.5, 0.6) is 0 Å². The summed E-state index contributed by atoms with van der Waals surface area (Å²) >= 11 is 0. The number of nitrogens with zero attached hydrogens (tertiary/aromatic N) is 3. The van der Waals surface area contributed by atoms with Crippen molar-refractivity contribution in [1.29, 1.82) is 0 Å². The lowest BCUT2D eigenvalue weighted by Gasteiger charge is -2.12. The second-order valence-corrected chi connectivity index (χ2v) is 4.56. The van der Waals surface area contributed by atoms with Crippen molar-refractivity contribution in [3.63, 3.8) is 0 Å². The Bertz CT molecular complexity index is 578. The molecule has 0 unspecified atom stereocenters. The molecule has 0 aliphatic heterocycles. The van der Waals surface area contributed by atoms with Gasteiger partial charge >= 0.3 is 0 Å². The van der Waals surface area contributed by atoms with E-state index in [1.54, 1.807) is 6.20 Å². The van der Waals surface area contributed by atoms with Crippen molar-refractivity contribution in [2.24, 2.45) is 0 Å². The summed E-state index contributed by atoms with van der Waals surface area (Å²) in [5, 5.41) is 3.31. The van der Waals surface area contributed by atoms with Crippen LogP contribution in [0.3, 0.4) is 0 Å². The molecule has 4 nitrogen and oxygen atoms in total. The van der Waals surface area contributed by atoms with E-state index >= 15 is 0 Å². The van der Waals surface area contributed by atoms with Gasteiger partial charge in [0.25, 0.3) is 0 Å². The monoisotopic (exact) mass is 256 g/mol. The van der Waals surface area contributed by atoms with Crippen molar-refractivity contribution in [1.82, 2.24) is 15.0 Å². The Kier molecular flexibility index (Phi) is 4.10. The highest BCUT2D eigenvalue weighted by molar-refractivity contribution is 5.57. The molecule has 0 atom stereocenters. The molecule has 4 heteroatoms. The summed E-state index contributed by atoms with van der Waals surface area (Å²) in [6.45, 7) is 9.12. The van der Waals surface area contributed by atoms with Crippen LogP contribution in [0.15, 0.2) is 18.3 Å². The molecule has 0 aromatic carbocycles. The van der Waals surface area contributed by atoms with Crippen molar-refractivity contribution in [3.05, 3.63) is 35.2 Å². The molecule has 0 aliphatic rings. The summed E-state index contributed by atoms with van der Waals surface area (Å²) in [4.78, 5) is 13.6. The van der Waals surface area contributed by atoms with Crippen LogP contribution in [0.2, 0.25) is 0 Å². The van der Waals surface area contributed by atoms with Crippen LogP contribution in [-0.2, 0) is 6.42 Å². The molecule has 0 saturated carbocycles. The Balaban J connectivity index is 2.53. The molecule has 1 N–H and O–H groups in total. The van der Waals surface area contributed by atoms with Gasteiger partial charge in [-0.15, -0.1) is 0 Å². The molecule has 2 aromatic heterocycles. The minimum Gasteiger partial charge on any atom is -0.370 e. The predicted octanol–water partition coefficient (Wildman–Crippen LogP) is 3.15. The Labute approximate surface area is 114 Å². The van der Waals surface area contributed by atoms with Crippen molar-refractivity contribution < 1.29 is 0 Å². The molecule has 0 saturated heterocycles. The first kappa shape index (κ1) is 13.5. The molecule has 0 spiro atoms. The van der Waals surface area contributed by atoms with Gasteiger partial charge in [0.05, 0.1) is 0 Å². The Morgan fingerprint density at radius 1 is 1.16 bits per heavy atom. The zero-order valence-electron chi connectivity index (χ0n) is 12.0. The summed E-state index contributed by atoms with van der Waals surface area (Å²) < 4.78 is 0. The molecule has 0 bridgehead atoms. The first-order valence-corrected chi connectivity index (χ1v) is 6.70. The van der Waals surface area contributed by atoms with E-state index < -0.39 is 0 Å². The van der Waals surface area contributed by atoms with E-state index in [-0.39, 0.29) is 0 Å². The van der Waals surface area contributed by atoms with Crippen molar-refractivity contribution in [3.8, 4) is 11.5 Å². The maximum Gasteiger partial charge on any atom is 0.180 e. The van der Waals surface area contributed by atoms with Crippen molar-refractivity contribution >= 4 is 5.82 Å². The number of aromatic nitrogens is 3. The lowest BCUT2D eigenvalue weighted by Crippen LogP contribution is -2.08. The number of hydrogen-bond donors (Lipinski definition) is 1. The van der Waals surface area contributed by atoms with Gasteiger partial charge in [-0.3, -0.25) is 4.98 Å². The zero-order valence-corrected chi connectivity index (χ0v) is 12.0. The van der Waals surface area contributed by atoms with Crippen LogP contribution >= 0.6 is 0 Å². The zero-order chi connectivity index (χ0) is 13.8. The van der Waals surface area contributed by atoms with E-state index in [9.17, 15) is 0 Å².